The Hall–Kier alpha value is -2.12. The lowest BCUT2D eigenvalue weighted by Crippen LogP contribution is -2.29. The Morgan fingerprint density at radius 1 is 1.00 bits per heavy atom. The number of nitrogens with zero attached hydrogens (tertiary/aromatic N) is 5. The maximum Gasteiger partial charge on any atom is 0.325 e. The lowest BCUT2D eigenvalue weighted by Gasteiger charge is -2.21. The molecule has 1 aromatic heterocycles. The van der Waals surface area contributed by atoms with Crippen LogP contribution in [-0.2, 0) is 4.79 Å². The highest BCUT2D eigenvalue weighted by Gasteiger charge is 2.22. The predicted octanol–water partition coefficient (Wildman–Crippen LogP) is 0.957. The number of nitrogens with one attached hydrogen (secondary N) is 1. The average Bonchev–Trinajstić information content (AvgIpc) is 3.20. The van der Waals surface area contributed by atoms with E-state index in [2.05, 4.69) is 30.1 Å². The summed E-state index contributed by atoms with van der Waals surface area (Å²) in [6.45, 7) is 5.35. The molecule has 3 heterocycles. The van der Waals surface area contributed by atoms with E-state index in [0.29, 0.717) is 17.8 Å². The van der Waals surface area contributed by atoms with Gasteiger partial charge in [0.1, 0.15) is 6.04 Å². The van der Waals surface area contributed by atoms with Crippen LogP contribution in [0.4, 0.5) is 17.8 Å². The zero-order valence-corrected chi connectivity index (χ0v) is 12.8. The minimum atomic E-state index is -0.925. The van der Waals surface area contributed by atoms with Crippen molar-refractivity contribution in [3.8, 4) is 0 Å². The van der Waals surface area contributed by atoms with Gasteiger partial charge in [-0.1, -0.05) is 0 Å². The maximum absolute atomic E-state index is 11.0. The first kappa shape index (κ1) is 14.8. The number of carboxylic acid groups (broad SMARTS) is 1. The van der Waals surface area contributed by atoms with Gasteiger partial charge >= 0.3 is 5.97 Å². The summed E-state index contributed by atoms with van der Waals surface area (Å²) in [6.07, 6.45) is 4.55. The number of aliphatic carboxylic acids is 1. The molecular formula is C14H22N6O2. The number of aromatic nitrogens is 3. The minimum absolute atomic E-state index is 0.341. The Kier molecular flexibility index (Phi) is 4.26. The van der Waals surface area contributed by atoms with E-state index in [4.69, 9.17) is 5.11 Å². The fraction of sp³-hybridized carbons (Fsp3) is 0.714. The summed E-state index contributed by atoms with van der Waals surface area (Å²) in [5, 5.41) is 11.9. The molecule has 0 saturated carbocycles. The second-order valence-corrected chi connectivity index (χ2v) is 5.85. The van der Waals surface area contributed by atoms with Gasteiger partial charge in [0.25, 0.3) is 0 Å². The standard InChI is InChI=1S/C14H22N6O2/c1-10(11(21)22)15-12-16-13(19-6-2-3-7-19)18-14(17-12)20-8-4-5-9-20/h10H,2-9H2,1H3,(H,21,22)(H,15,16,17,18)/t10-/m1/s1. The van der Waals surface area contributed by atoms with E-state index in [1.54, 1.807) is 6.92 Å². The normalized spacial score (nSPS) is 19.5. The molecule has 22 heavy (non-hydrogen) atoms. The SMILES string of the molecule is C[C@@H](Nc1nc(N2CCCC2)nc(N2CCCC2)n1)C(=O)O. The molecule has 0 bridgehead atoms. The molecule has 0 amide bonds. The van der Waals surface area contributed by atoms with Crippen molar-refractivity contribution in [1.29, 1.82) is 0 Å². The van der Waals surface area contributed by atoms with Crippen LogP contribution in [0.5, 0.6) is 0 Å². The second-order valence-electron chi connectivity index (χ2n) is 5.85. The van der Waals surface area contributed by atoms with Gasteiger partial charge in [-0.25, -0.2) is 0 Å². The minimum Gasteiger partial charge on any atom is -0.480 e. The molecule has 2 fully saturated rings. The molecule has 0 unspecified atom stereocenters. The predicted molar refractivity (Wildman–Crippen MR) is 83.4 cm³/mol. The molecule has 2 saturated heterocycles. The lowest BCUT2D eigenvalue weighted by atomic mass is 10.3. The highest BCUT2D eigenvalue weighted by Crippen LogP contribution is 2.22. The summed E-state index contributed by atoms with van der Waals surface area (Å²) in [6, 6.07) is -0.736. The quantitative estimate of drug-likeness (QED) is 0.830. The molecule has 0 aromatic carbocycles. The van der Waals surface area contributed by atoms with Gasteiger partial charge in [0.05, 0.1) is 0 Å². The summed E-state index contributed by atoms with van der Waals surface area (Å²) < 4.78 is 0. The number of anilines is 3. The molecule has 0 radical (unpaired) electrons. The fourth-order valence-corrected chi connectivity index (χ4v) is 2.79. The number of rotatable bonds is 5. The van der Waals surface area contributed by atoms with Crippen molar-refractivity contribution in [2.75, 3.05) is 41.3 Å². The third-order valence-corrected chi connectivity index (χ3v) is 4.11. The monoisotopic (exact) mass is 306 g/mol. The van der Waals surface area contributed by atoms with Gasteiger partial charge in [-0.15, -0.1) is 0 Å². The van der Waals surface area contributed by atoms with Crippen LogP contribution in [0.3, 0.4) is 0 Å². The summed E-state index contributed by atoms with van der Waals surface area (Å²) in [4.78, 5) is 28.7. The molecule has 2 aliphatic heterocycles. The van der Waals surface area contributed by atoms with Crippen molar-refractivity contribution < 1.29 is 9.90 Å². The third kappa shape index (κ3) is 3.20. The van der Waals surface area contributed by atoms with Crippen molar-refractivity contribution >= 4 is 23.8 Å². The lowest BCUT2D eigenvalue weighted by molar-refractivity contribution is -0.137. The molecule has 8 heteroatoms. The number of carbonyl (C=O) groups is 1. The fourth-order valence-electron chi connectivity index (χ4n) is 2.79. The van der Waals surface area contributed by atoms with Crippen LogP contribution >= 0.6 is 0 Å². The third-order valence-electron chi connectivity index (χ3n) is 4.11. The van der Waals surface area contributed by atoms with Crippen LogP contribution in [0.1, 0.15) is 32.6 Å². The molecule has 0 aliphatic carbocycles. The van der Waals surface area contributed by atoms with E-state index in [9.17, 15) is 4.79 Å². The van der Waals surface area contributed by atoms with Crippen LogP contribution < -0.4 is 15.1 Å². The summed E-state index contributed by atoms with van der Waals surface area (Å²) in [7, 11) is 0. The van der Waals surface area contributed by atoms with Crippen LogP contribution in [0, 0.1) is 0 Å². The molecular weight excluding hydrogens is 284 g/mol. The number of carboxylic acids is 1. The summed E-state index contributed by atoms with van der Waals surface area (Å²) in [5.41, 5.74) is 0. The van der Waals surface area contributed by atoms with E-state index in [-0.39, 0.29) is 0 Å². The van der Waals surface area contributed by atoms with Gasteiger partial charge in [-0.05, 0) is 32.6 Å². The van der Waals surface area contributed by atoms with E-state index in [1.165, 1.54) is 0 Å². The molecule has 120 valence electrons. The molecule has 2 N–H and O–H groups in total. The van der Waals surface area contributed by atoms with Crippen molar-refractivity contribution in [3.05, 3.63) is 0 Å². The average molecular weight is 306 g/mol. The Bertz CT molecular complexity index is 506. The topological polar surface area (TPSA) is 94.5 Å². The largest absolute Gasteiger partial charge is 0.480 e. The molecule has 2 aliphatic rings. The van der Waals surface area contributed by atoms with Crippen molar-refractivity contribution in [2.24, 2.45) is 0 Å². The molecule has 3 rings (SSSR count). The van der Waals surface area contributed by atoms with E-state index >= 15 is 0 Å². The van der Waals surface area contributed by atoms with Crippen LogP contribution in [0.25, 0.3) is 0 Å². The number of hydrogen-bond donors (Lipinski definition) is 2. The first-order valence-electron chi connectivity index (χ1n) is 7.89. The second kappa shape index (κ2) is 6.33. The molecule has 8 nitrogen and oxygen atoms in total. The highest BCUT2D eigenvalue weighted by atomic mass is 16.4. The Morgan fingerprint density at radius 2 is 1.45 bits per heavy atom. The summed E-state index contributed by atoms with van der Waals surface area (Å²) >= 11 is 0. The van der Waals surface area contributed by atoms with E-state index < -0.39 is 12.0 Å². The van der Waals surface area contributed by atoms with Crippen molar-refractivity contribution in [1.82, 2.24) is 15.0 Å². The van der Waals surface area contributed by atoms with Crippen LogP contribution in [0.15, 0.2) is 0 Å². The van der Waals surface area contributed by atoms with Gasteiger partial charge in [0.2, 0.25) is 17.8 Å². The maximum atomic E-state index is 11.0. The first-order valence-corrected chi connectivity index (χ1v) is 7.89. The zero-order valence-electron chi connectivity index (χ0n) is 12.8. The summed E-state index contributed by atoms with van der Waals surface area (Å²) in [5.74, 6) is 0.712. The Balaban J connectivity index is 1.88. The van der Waals surface area contributed by atoms with Crippen LogP contribution in [0.2, 0.25) is 0 Å². The zero-order chi connectivity index (χ0) is 15.5. The first-order chi connectivity index (χ1) is 10.6. The van der Waals surface area contributed by atoms with E-state index in [0.717, 1.165) is 51.9 Å². The highest BCUT2D eigenvalue weighted by molar-refractivity contribution is 5.76. The smallest absolute Gasteiger partial charge is 0.325 e. The van der Waals surface area contributed by atoms with Gasteiger partial charge in [0, 0.05) is 26.2 Å². The molecule has 0 spiro atoms. The van der Waals surface area contributed by atoms with Gasteiger partial charge in [0.15, 0.2) is 0 Å². The Morgan fingerprint density at radius 3 is 1.86 bits per heavy atom. The van der Waals surface area contributed by atoms with Crippen LogP contribution in [-0.4, -0.2) is 58.2 Å². The molecule has 1 aromatic rings. The number of hydrogen-bond acceptors (Lipinski definition) is 7. The van der Waals surface area contributed by atoms with E-state index in [1.807, 2.05) is 0 Å². The van der Waals surface area contributed by atoms with Crippen molar-refractivity contribution in [2.45, 2.75) is 38.6 Å². The van der Waals surface area contributed by atoms with Gasteiger partial charge in [-0.3, -0.25) is 4.79 Å². The Labute approximate surface area is 129 Å². The van der Waals surface area contributed by atoms with Crippen molar-refractivity contribution in [3.63, 3.8) is 0 Å². The van der Waals surface area contributed by atoms with Gasteiger partial charge < -0.3 is 20.2 Å². The van der Waals surface area contributed by atoms with Gasteiger partial charge in [-0.2, -0.15) is 15.0 Å². The molecule has 1 atom stereocenters.